The molecule has 1 aromatic rings. The predicted octanol–water partition coefficient (Wildman–Crippen LogP) is -0.239. The van der Waals surface area contributed by atoms with Gasteiger partial charge in [0.1, 0.15) is 12.3 Å². The molecule has 1 aromatic carbocycles. The van der Waals surface area contributed by atoms with Crippen LogP contribution in [-0.2, 0) is 9.59 Å². The molecular formula is C17H22N4O4. The van der Waals surface area contributed by atoms with E-state index < -0.39 is 6.03 Å². The van der Waals surface area contributed by atoms with Crippen molar-refractivity contribution >= 4 is 17.8 Å². The fourth-order valence-corrected chi connectivity index (χ4v) is 3.35. The van der Waals surface area contributed by atoms with Crippen LogP contribution in [0.1, 0.15) is 11.5 Å². The van der Waals surface area contributed by atoms with Crippen molar-refractivity contribution in [2.24, 2.45) is 0 Å². The molecule has 2 heterocycles. The van der Waals surface area contributed by atoms with Crippen LogP contribution in [-0.4, -0.2) is 74.0 Å². The average molecular weight is 346 g/mol. The Morgan fingerprint density at radius 2 is 2.00 bits per heavy atom. The molecule has 0 radical (unpaired) electrons. The molecule has 2 N–H and O–H groups in total. The normalized spacial score (nSPS) is 23.7. The Bertz CT molecular complexity index is 660. The van der Waals surface area contributed by atoms with Gasteiger partial charge in [-0.15, -0.1) is 0 Å². The van der Waals surface area contributed by atoms with Gasteiger partial charge < -0.3 is 20.3 Å². The lowest BCUT2D eigenvalue weighted by Crippen LogP contribution is -2.46. The van der Waals surface area contributed by atoms with Gasteiger partial charge in [0.25, 0.3) is 5.91 Å². The highest BCUT2D eigenvalue weighted by atomic mass is 16.5. The minimum Gasteiger partial charge on any atom is -0.497 e. The fourth-order valence-electron chi connectivity index (χ4n) is 3.35. The van der Waals surface area contributed by atoms with E-state index in [1.54, 1.807) is 7.11 Å². The molecule has 0 bridgehead atoms. The second kappa shape index (κ2) is 7.10. The highest BCUT2D eigenvalue weighted by Crippen LogP contribution is 2.28. The number of benzene rings is 1. The molecule has 2 atom stereocenters. The van der Waals surface area contributed by atoms with Crippen molar-refractivity contribution in [3.8, 4) is 5.75 Å². The summed E-state index contributed by atoms with van der Waals surface area (Å²) < 4.78 is 5.18. The van der Waals surface area contributed by atoms with Crippen molar-refractivity contribution in [2.45, 2.75) is 12.0 Å². The quantitative estimate of drug-likeness (QED) is 0.718. The van der Waals surface area contributed by atoms with Crippen LogP contribution in [0.3, 0.4) is 0 Å². The van der Waals surface area contributed by atoms with E-state index in [4.69, 9.17) is 4.74 Å². The smallest absolute Gasteiger partial charge is 0.325 e. The van der Waals surface area contributed by atoms with Crippen LogP contribution >= 0.6 is 0 Å². The van der Waals surface area contributed by atoms with E-state index in [1.165, 1.54) is 0 Å². The Labute approximate surface area is 146 Å². The summed E-state index contributed by atoms with van der Waals surface area (Å²) in [7, 11) is 3.62. The maximum atomic E-state index is 12.3. The van der Waals surface area contributed by atoms with E-state index in [2.05, 4.69) is 15.5 Å². The highest BCUT2D eigenvalue weighted by Gasteiger charge is 2.35. The summed E-state index contributed by atoms with van der Waals surface area (Å²) in [5.74, 6) is 0.219. The van der Waals surface area contributed by atoms with Crippen LogP contribution in [0.25, 0.3) is 0 Å². The molecule has 8 nitrogen and oxygen atoms in total. The minimum atomic E-state index is -0.518. The molecule has 134 valence electrons. The third-order valence-electron chi connectivity index (χ3n) is 4.63. The predicted molar refractivity (Wildman–Crippen MR) is 90.3 cm³/mol. The Morgan fingerprint density at radius 1 is 1.28 bits per heavy atom. The molecule has 3 rings (SSSR count). The molecule has 2 aliphatic rings. The van der Waals surface area contributed by atoms with Gasteiger partial charge in [0.15, 0.2) is 0 Å². The summed E-state index contributed by atoms with van der Waals surface area (Å²) >= 11 is 0. The Balaban J connectivity index is 1.65. The monoisotopic (exact) mass is 346 g/mol. The number of likely N-dealkylation sites (N-methyl/N-ethyl adjacent to an activating group) is 1. The van der Waals surface area contributed by atoms with Crippen molar-refractivity contribution in [3.63, 3.8) is 0 Å². The number of likely N-dealkylation sites (tertiary alicyclic amines) is 1. The van der Waals surface area contributed by atoms with Gasteiger partial charge in [-0.2, -0.15) is 0 Å². The van der Waals surface area contributed by atoms with Gasteiger partial charge in [0.05, 0.1) is 13.7 Å². The number of rotatable bonds is 5. The van der Waals surface area contributed by atoms with E-state index in [9.17, 15) is 14.4 Å². The number of carbonyl (C=O) groups excluding carboxylic acids is 3. The van der Waals surface area contributed by atoms with Crippen molar-refractivity contribution in [1.29, 1.82) is 0 Å². The number of imide groups is 1. The maximum Gasteiger partial charge on any atom is 0.325 e. The summed E-state index contributed by atoms with van der Waals surface area (Å²) in [5.41, 5.74) is 1.12. The fraction of sp³-hybridized carbons (Fsp3) is 0.471. The van der Waals surface area contributed by atoms with Crippen LogP contribution in [0, 0.1) is 0 Å². The zero-order chi connectivity index (χ0) is 18.0. The molecule has 2 saturated heterocycles. The first-order chi connectivity index (χ1) is 12.0. The van der Waals surface area contributed by atoms with Gasteiger partial charge in [-0.25, -0.2) is 4.79 Å². The first kappa shape index (κ1) is 17.2. The molecule has 25 heavy (non-hydrogen) atoms. The largest absolute Gasteiger partial charge is 0.497 e. The third-order valence-corrected chi connectivity index (χ3v) is 4.63. The first-order valence-corrected chi connectivity index (χ1v) is 8.18. The Hall–Kier alpha value is -2.61. The molecule has 8 heteroatoms. The van der Waals surface area contributed by atoms with Crippen LogP contribution in [0.4, 0.5) is 4.79 Å². The van der Waals surface area contributed by atoms with E-state index in [1.807, 2.05) is 31.3 Å². The molecule has 4 amide bonds. The van der Waals surface area contributed by atoms with Crippen molar-refractivity contribution in [2.75, 3.05) is 40.3 Å². The van der Waals surface area contributed by atoms with Crippen LogP contribution in [0.5, 0.6) is 5.75 Å². The first-order valence-electron chi connectivity index (χ1n) is 8.18. The molecule has 0 aromatic heterocycles. The van der Waals surface area contributed by atoms with E-state index in [0.717, 1.165) is 22.8 Å². The number of nitrogens with one attached hydrogen (secondary N) is 2. The average Bonchev–Trinajstić information content (AvgIpc) is 3.11. The molecule has 2 fully saturated rings. The van der Waals surface area contributed by atoms with E-state index in [0.29, 0.717) is 6.54 Å². The number of hydrogen-bond donors (Lipinski definition) is 2. The zero-order valence-corrected chi connectivity index (χ0v) is 14.3. The summed E-state index contributed by atoms with van der Waals surface area (Å²) in [4.78, 5) is 38.5. The molecule has 0 aliphatic carbocycles. The second-order valence-electron chi connectivity index (χ2n) is 6.41. The van der Waals surface area contributed by atoms with Crippen molar-refractivity contribution in [3.05, 3.63) is 29.8 Å². The minimum absolute atomic E-state index is 0.0489. The van der Waals surface area contributed by atoms with Gasteiger partial charge in [-0.3, -0.25) is 14.5 Å². The number of ether oxygens (including phenoxy) is 1. The second-order valence-corrected chi connectivity index (χ2v) is 6.41. The number of urea groups is 1. The Morgan fingerprint density at radius 3 is 2.60 bits per heavy atom. The van der Waals surface area contributed by atoms with Gasteiger partial charge in [0.2, 0.25) is 5.91 Å². The zero-order valence-electron chi connectivity index (χ0n) is 14.3. The number of methoxy groups -OCH3 is 1. The summed E-state index contributed by atoms with van der Waals surface area (Å²) in [6.45, 7) is 1.23. The van der Waals surface area contributed by atoms with E-state index >= 15 is 0 Å². The Kier molecular flexibility index (Phi) is 4.89. The molecule has 0 saturated carbocycles. The van der Waals surface area contributed by atoms with Crippen LogP contribution < -0.4 is 15.4 Å². The molecular weight excluding hydrogens is 324 g/mol. The number of carbonyl (C=O) groups is 3. The van der Waals surface area contributed by atoms with Gasteiger partial charge >= 0.3 is 6.03 Å². The summed E-state index contributed by atoms with van der Waals surface area (Å²) in [5, 5.41) is 5.38. The lowest BCUT2D eigenvalue weighted by atomic mass is 9.94. The van der Waals surface area contributed by atoms with Gasteiger partial charge in [-0.1, -0.05) is 12.1 Å². The third kappa shape index (κ3) is 3.74. The van der Waals surface area contributed by atoms with Gasteiger partial charge in [-0.05, 0) is 24.7 Å². The maximum absolute atomic E-state index is 12.3. The molecule has 0 unspecified atom stereocenters. The highest BCUT2D eigenvalue weighted by molar-refractivity contribution is 6.04. The molecule has 0 spiro atoms. The topological polar surface area (TPSA) is 91.0 Å². The molecule has 2 aliphatic heterocycles. The van der Waals surface area contributed by atoms with Crippen molar-refractivity contribution < 1.29 is 19.1 Å². The SMILES string of the molecule is COc1ccc([C@H]2CN(C)C[C@@H]2NC(=O)CN2C(=O)CNC2=O)cc1. The summed E-state index contributed by atoms with van der Waals surface area (Å²) in [6.07, 6.45) is 0. The lowest BCUT2D eigenvalue weighted by Gasteiger charge is -2.21. The van der Waals surface area contributed by atoms with Crippen LogP contribution in [0.15, 0.2) is 24.3 Å². The van der Waals surface area contributed by atoms with Crippen molar-refractivity contribution in [1.82, 2.24) is 20.4 Å². The standard InChI is InChI=1S/C17H22N4O4/c1-20-8-13(11-3-5-12(25-2)6-4-11)14(9-20)19-15(22)10-21-16(23)7-18-17(21)24/h3-6,13-14H,7-10H2,1-2H3,(H,18,24)(H,19,22)/t13-,14+/m1/s1. The summed E-state index contributed by atoms with van der Waals surface area (Å²) in [6, 6.07) is 7.21. The van der Waals surface area contributed by atoms with Gasteiger partial charge in [0, 0.05) is 25.0 Å². The number of hydrogen-bond acceptors (Lipinski definition) is 5. The number of nitrogens with zero attached hydrogens (tertiary/aromatic N) is 2. The van der Waals surface area contributed by atoms with E-state index in [-0.39, 0.29) is 36.9 Å². The number of amides is 4. The lowest BCUT2D eigenvalue weighted by molar-refractivity contribution is -0.130. The van der Waals surface area contributed by atoms with Crippen LogP contribution in [0.2, 0.25) is 0 Å².